The highest BCUT2D eigenvalue weighted by Gasteiger charge is 2.32. The molecule has 1 aromatic heterocycles. The third-order valence-corrected chi connectivity index (χ3v) is 4.73. The van der Waals surface area contributed by atoms with Crippen LogP contribution < -0.4 is 5.32 Å². The number of aliphatic hydroxyl groups excluding tert-OH is 1. The van der Waals surface area contributed by atoms with Crippen LogP contribution in [0.15, 0.2) is 30.5 Å². The molecule has 7 heteroatoms. The van der Waals surface area contributed by atoms with Crippen LogP contribution in [0.5, 0.6) is 0 Å². The lowest BCUT2D eigenvalue weighted by molar-refractivity contribution is -0.130. The Morgan fingerprint density at radius 3 is 2.88 bits per heavy atom. The molecule has 1 amide bonds. The van der Waals surface area contributed by atoms with Crippen molar-refractivity contribution >= 4 is 5.91 Å². The zero-order valence-electron chi connectivity index (χ0n) is 14.0. The Labute approximate surface area is 145 Å². The number of amides is 1. The number of halogens is 1. The molecule has 0 spiro atoms. The van der Waals surface area contributed by atoms with E-state index in [1.807, 2.05) is 0 Å². The summed E-state index contributed by atoms with van der Waals surface area (Å²) in [6.45, 7) is 0.332. The standard InChI is InChI=1S/C18H22FN3O3/c1-25-16-8-12(4-7-15(16)23)18(24)20-9-13-10-21-22-17(13)11-2-5-14(19)6-3-11/h2-3,5-6,10,12,15-16,23H,4,7-9H2,1H3,(H,20,24)(H,21,22)/t12-,15+,16-/m1/s1. The monoisotopic (exact) mass is 347 g/mol. The summed E-state index contributed by atoms with van der Waals surface area (Å²) in [5, 5.41) is 19.7. The number of nitrogens with one attached hydrogen (secondary N) is 2. The maximum absolute atomic E-state index is 13.1. The summed E-state index contributed by atoms with van der Waals surface area (Å²) in [5.74, 6) is -0.528. The van der Waals surface area contributed by atoms with Gasteiger partial charge in [0.1, 0.15) is 5.82 Å². The first-order valence-corrected chi connectivity index (χ1v) is 8.35. The Bertz CT molecular complexity index is 717. The Hall–Kier alpha value is -2.25. The highest BCUT2D eigenvalue weighted by atomic mass is 19.1. The van der Waals surface area contributed by atoms with Crippen molar-refractivity contribution in [3.05, 3.63) is 41.8 Å². The average Bonchev–Trinajstić information content (AvgIpc) is 3.09. The molecule has 0 bridgehead atoms. The van der Waals surface area contributed by atoms with Crippen LogP contribution in [0.1, 0.15) is 24.8 Å². The SMILES string of the molecule is CO[C@@H]1C[C@H](C(=O)NCc2cn[nH]c2-c2ccc(F)cc2)CC[C@@H]1O. The van der Waals surface area contributed by atoms with E-state index in [0.717, 1.165) is 16.8 Å². The molecule has 1 aliphatic rings. The smallest absolute Gasteiger partial charge is 0.223 e. The number of H-pyrrole nitrogens is 1. The molecule has 1 heterocycles. The van der Waals surface area contributed by atoms with Gasteiger partial charge in [-0.1, -0.05) is 0 Å². The molecule has 0 saturated heterocycles. The minimum atomic E-state index is -0.506. The fourth-order valence-electron chi connectivity index (χ4n) is 3.24. The Morgan fingerprint density at radius 2 is 2.16 bits per heavy atom. The fourth-order valence-corrected chi connectivity index (χ4v) is 3.24. The van der Waals surface area contributed by atoms with Crippen LogP contribution >= 0.6 is 0 Å². The van der Waals surface area contributed by atoms with Gasteiger partial charge in [0, 0.05) is 30.7 Å². The number of nitrogens with zero attached hydrogens (tertiary/aromatic N) is 1. The van der Waals surface area contributed by atoms with Crippen molar-refractivity contribution < 1.29 is 19.0 Å². The molecule has 3 N–H and O–H groups in total. The minimum Gasteiger partial charge on any atom is -0.390 e. The molecule has 134 valence electrons. The number of aliphatic hydroxyl groups is 1. The average molecular weight is 347 g/mol. The lowest BCUT2D eigenvalue weighted by atomic mass is 9.84. The van der Waals surface area contributed by atoms with E-state index in [1.165, 1.54) is 12.1 Å². The van der Waals surface area contributed by atoms with Crippen molar-refractivity contribution in [2.45, 2.75) is 38.0 Å². The number of methoxy groups -OCH3 is 1. The molecule has 1 fully saturated rings. The predicted octanol–water partition coefficient (Wildman–Crippen LogP) is 2.01. The van der Waals surface area contributed by atoms with E-state index in [9.17, 15) is 14.3 Å². The van der Waals surface area contributed by atoms with Crippen LogP contribution in [-0.2, 0) is 16.1 Å². The molecule has 2 aromatic rings. The molecule has 3 rings (SSSR count). The molecular formula is C18H22FN3O3. The maximum atomic E-state index is 13.1. The second-order valence-electron chi connectivity index (χ2n) is 6.35. The third kappa shape index (κ3) is 4.05. The predicted molar refractivity (Wildman–Crippen MR) is 90.0 cm³/mol. The number of ether oxygens (including phenoxy) is 1. The van der Waals surface area contributed by atoms with Gasteiger partial charge in [0.25, 0.3) is 0 Å². The minimum absolute atomic E-state index is 0.0554. The zero-order chi connectivity index (χ0) is 17.8. The number of carbonyl (C=O) groups is 1. The third-order valence-electron chi connectivity index (χ3n) is 4.73. The maximum Gasteiger partial charge on any atom is 0.223 e. The van der Waals surface area contributed by atoms with E-state index in [4.69, 9.17) is 4.74 Å². The van der Waals surface area contributed by atoms with Crippen molar-refractivity contribution in [3.63, 3.8) is 0 Å². The molecule has 0 aliphatic heterocycles. The lowest BCUT2D eigenvalue weighted by Gasteiger charge is -2.31. The van der Waals surface area contributed by atoms with Crippen LogP contribution in [0, 0.1) is 11.7 Å². The number of rotatable bonds is 5. The van der Waals surface area contributed by atoms with E-state index >= 15 is 0 Å². The number of aromatic amines is 1. The first kappa shape index (κ1) is 17.6. The molecular weight excluding hydrogens is 325 g/mol. The van der Waals surface area contributed by atoms with Gasteiger partial charge in [-0.05, 0) is 43.5 Å². The van der Waals surface area contributed by atoms with Gasteiger partial charge < -0.3 is 15.2 Å². The van der Waals surface area contributed by atoms with Gasteiger partial charge in [-0.2, -0.15) is 5.10 Å². The van der Waals surface area contributed by atoms with Crippen molar-refractivity contribution in [1.29, 1.82) is 0 Å². The summed E-state index contributed by atoms with van der Waals surface area (Å²) < 4.78 is 18.3. The zero-order valence-corrected chi connectivity index (χ0v) is 14.0. The summed E-state index contributed by atoms with van der Waals surface area (Å²) in [4.78, 5) is 12.4. The second-order valence-corrected chi connectivity index (χ2v) is 6.35. The molecule has 3 atom stereocenters. The van der Waals surface area contributed by atoms with Crippen molar-refractivity contribution in [2.24, 2.45) is 5.92 Å². The Balaban J connectivity index is 1.62. The van der Waals surface area contributed by atoms with Crippen molar-refractivity contribution in [2.75, 3.05) is 7.11 Å². The molecule has 0 unspecified atom stereocenters. The summed E-state index contributed by atoms with van der Waals surface area (Å²) >= 11 is 0. The first-order valence-electron chi connectivity index (χ1n) is 8.35. The number of hydrogen-bond acceptors (Lipinski definition) is 4. The van der Waals surface area contributed by atoms with Crippen LogP contribution in [0.2, 0.25) is 0 Å². The topological polar surface area (TPSA) is 87.2 Å². The molecule has 1 saturated carbocycles. The highest BCUT2D eigenvalue weighted by Crippen LogP contribution is 2.27. The van der Waals surface area contributed by atoms with Gasteiger partial charge in [-0.15, -0.1) is 0 Å². The Morgan fingerprint density at radius 1 is 1.40 bits per heavy atom. The molecule has 1 aliphatic carbocycles. The molecule has 0 radical (unpaired) electrons. The Kier molecular flexibility index (Phi) is 5.45. The van der Waals surface area contributed by atoms with Crippen LogP contribution in [0.25, 0.3) is 11.3 Å². The van der Waals surface area contributed by atoms with Crippen molar-refractivity contribution in [1.82, 2.24) is 15.5 Å². The first-order chi connectivity index (χ1) is 12.1. The van der Waals surface area contributed by atoms with Gasteiger partial charge in [0.2, 0.25) is 5.91 Å². The quantitative estimate of drug-likeness (QED) is 0.772. The normalized spacial score (nSPS) is 23.4. The lowest BCUT2D eigenvalue weighted by Crippen LogP contribution is -2.41. The summed E-state index contributed by atoms with van der Waals surface area (Å²) in [5.41, 5.74) is 2.40. The molecule has 1 aromatic carbocycles. The van der Waals surface area contributed by atoms with E-state index in [2.05, 4.69) is 15.5 Å². The fraction of sp³-hybridized carbons (Fsp3) is 0.444. The van der Waals surface area contributed by atoms with Gasteiger partial charge in [0.05, 0.1) is 24.1 Å². The van der Waals surface area contributed by atoms with Gasteiger partial charge in [0.15, 0.2) is 0 Å². The van der Waals surface area contributed by atoms with E-state index in [1.54, 1.807) is 25.4 Å². The number of aromatic nitrogens is 2. The number of carbonyl (C=O) groups excluding carboxylic acids is 1. The summed E-state index contributed by atoms with van der Waals surface area (Å²) in [7, 11) is 1.55. The van der Waals surface area contributed by atoms with Crippen LogP contribution in [0.4, 0.5) is 4.39 Å². The van der Waals surface area contributed by atoms with Crippen molar-refractivity contribution in [3.8, 4) is 11.3 Å². The van der Waals surface area contributed by atoms with Crippen LogP contribution in [-0.4, -0.2) is 40.5 Å². The van der Waals surface area contributed by atoms with E-state index in [-0.39, 0.29) is 23.7 Å². The number of hydrogen-bond donors (Lipinski definition) is 3. The van der Waals surface area contributed by atoms with Gasteiger partial charge in [-0.25, -0.2) is 4.39 Å². The molecule has 25 heavy (non-hydrogen) atoms. The highest BCUT2D eigenvalue weighted by molar-refractivity contribution is 5.79. The summed E-state index contributed by atoms with van der Waals surface area (Å²) in [6.07, 6.45) is 2.56. The van der Waals surface area contributed by atoms with E-state index in [0.29, 0.717) is 25.8 Å². The summed E-state index contributed by atoms with van der Waals surface area (Å²) in [6, 6.07) is 6.10. The van der Waals surface area contributed by atoms with Gasteiger partial charge in [-0.3, -0.25) is 9.89 Å². The van der Waals surface area contributed by atoms with E-state index < -0.39 is 6.10 Å². The molecule has 6 nitrogen and oxygen atoms in total. The van der Waals surface area contributed by atoms with Gasteiger partial charge >= 0.3 is 0 Å². The second kappa shape index (κ2) is 7.76. The largest absolute Gasteiger partial charge is 0.390 e. The van der Waals surface area contributed by atoms with Crippen LogP contribution in [0.3, 0.4) is 0 Å². The number of benzene rings is 1.